The molecule has 1 saturated heterocycles. The van der Waals surface area contributed by atoms with Crippen molar-refractivity contribution < 1.29 is 14.3 Å². The van der Waals surface area contributed by atoms with Crippen molar-refractivity contribution in [2.75, 3.05) is 13.1 Å². The zero-order valence-electron chi connectivity index (χ0n) is 15.8. The predicted octanol–water partition coefficient (Wildman–Crippen LogP) is 2.65. The van der Waals surface area contributed by atoms with Crippen molar-refractivity contribution >= 4 is 5.91 Å². The molecule has 0 saturated carbocycles. The second-order valence-electron chi connectivity index (χ2n) is 7.25. The first-order valence-electron chi connectivity index (χ1n) is 9.46. The number of nitrogens with zero attached hydrogens (tertiary/aromatic N) is 3. The van der Waals surface area contributed by atoms with Gasteiger partial charge in [-0.2, -0.15) is 0 Å². The van der Waals surface area contributed by atoms with Crippen molar-refractivity contribution in [2.24, 2.45) is 5.92 Å². The number of aliphatic hydroxyl groups excluding tert-OH is 1. The van der Waals surface area contributed by atoms with E-state index in [1.54, 1.807) is 17.3 Å². The van der Waals surface area contributed by atoms with E-state index in [1.165, 1.54) is 0 Å². The molecular weight excluding hydrogens is 354 g/mol. The van der Waals surface area contributed by atoms with Crippen LogP contribution in [0, 0.1) is 12.8 Å². The van der Waals surface area contributed by atoms with Gasteiger partial charge in [-0.05, 0) is 43.2 Å². The average Bonchev–Trinajstić information content (AvgIpc) is 3.26. The summed E-state index contributed by atoms with van der Waals surface area (Å²) < 4.78 is 5.75. The highest BCUT2D eigenvalue weighted by molar-refractivity contribution is 5.79. The number of carbonyl (C=O) groups is 1. The van der Waals surface area contributed by atoms with Gasteiger partial charge in [-0.1, -0.05) is 18.2 Å². The molecular formula is C22H23N3O3. The van der Waals surface area contributed by atoms with Gasteiger partial charge in [0, 0.05) is 37.0 Å². The standard InChI is InChI=1S/C22H23N3O3/c1-15-19(24-22(28-15)17-5-3-2-4-6-17)12-21(27)25-13-18(20(26)14-25)11-16-7-9-23-10-8-16/h2-10,18,20,26H,11-14H2,1H3/t18-,20+/m1/s1. The summed E-state index contributed by atoms with van der Waals surface area (Å²) in [6, 6.07) is 13.5. The summed E-state index contributed by atoms with van der Waals surface area (Å²) >= 11 is 0. The maximum absolute atomic E-state index is 12.8. The Labute approximate surface area is 163 Å². The highest BCUT2D eigenvalue weighted by Crippen LogP contribution is 2.24. The molecule has 2 aromatic heterocycles. The van der Waals surface area contributed by atoms with Crippen LogP contribution in [-0.2, 0) is 17.6 Å². The third-order valence-electron chi connectivity index (χ3n) is 5.24. The molecule has 1 N–H and O–H groups in total. The Kier molecular flexibility index (Phi) is 5.21. The van der Waals surface area contributed by atoms with Crippen molar-refractivity contribution in [1.29, 1.82) is 0 Å². The van der Waals surface area contributed by atoms with Crippen LogP contribution in [0.15, 0.2) is 59.3 Å². The number of β-amino-alcohol motifs (C(OH)–C–C–N with tert-alkyl or cyclic N) is 1. The molecule has 3 aromatic rings. The van der Waals surface area contributed by atoms with Crippen LogP contribution in [0.4, 0.5) is 0 Å². The van der Waals surface area contributed by atoms with E-state index >= 15 is 0 Å². The van der Waals surface area contributed by atoms with E-state index in [2.05, 4.69) is 9.97 Å². The smallest absolute Gasteiger partial charge is 0.228 e. The fourth-order valence-electron chi connectivity index (χ4n) is 3.63. The van der Waals surface area contributed by atoms with E-state index < -0.39 is 6.10 Å². The van der Waals surface area contributed by atoms with Crippen LogP contribution < -0.4 is 0 Å². The van der Waals surface area contributed by atoms with Gasteiger partial charge in [-0.25, -0.2) is 4.98 Å². The van der Waals surface area contributed by atoms with Crippen molar-refractivity contribution in [3.63, 3.8) is 0 Å². The number of carbonyl (C=O) groups excluding carboxylic acids is 1. The maximum atomic E-state index is 12.8. The molecule has 1 amide bonds. The van der Waals surface area contributed by atoms with Gasteiger partial charge >= 0.3 is 0 Å². The fraction of sp³-hybridized carbons (Fsp3) is 0.318. The van der Waals surface area contributed by atoms with E-state index in [9.17, 15) is 9.90 Å². The molecule has 3 heterocycles. The number of likely N-dealkylation sites (tertiary alicyclic amines) is 1. The van der Waals surface area contributed by atoms with Crippen molar-refractivity contribution in [2.45, 2.75) is 25.9 Å². The molecule has 0 radical (unpaired) electrons. The van der Waals surface area contributed by atoms with E-state index in [1.807, 2.05) is 49.4 Å². The Bertz CT molecular complexity index is 940. The van der Waals surface area contributed by atoms with Crippen LogP contribution in [0.2, 0.25) is 0 Å². The number of oxazole rings is 1. The molecule has 1 fully saturated rings. The second-order valence-corrected chi connectivity index (χ2v) is 7.25. The van der Waals surface area contributed by atoms with Crippen LogP contribution in [0.25, 0.3) is 11.5 Å². The minimum Gasteiger partial charge on any atom is -0.441 e. The van der Waals surface area contributed by atoms with Crippen LogP contribution in [0.3, 0.4) is 0 Å². The monoisotopic (exact) mass is 377 g/mol. The summed E-state index contributed by atoms with van der Waals surface area (Å²) in [5.74, 6) is 1.18. The Morgan fingerprint density at radius 3 is 2.68 bits per heavy atom. The van der Waals surface area contributed by atoms with E-state index in [4.69, 9.17) is 4.42 Å². The average molecular weight is 377 g/mol. The zero-order valence-corrected chi connectivity index (χ0v) is 15.8. The highest BCUT2D eigenvalue weighted by atomic mass is 16.4. The molecule has 144 valence electrons. The second kappa shape index (κ2) is 7.94. The molecule has 0 spiro atoms. The van der Waals surface area contributed by atoms with Crippen LogP contribution >= 0.6 is 0 Å². The van der Waals surface area contributed by atoms with Crippen molar-refractivity contribution in [3.8, 4) is 11.5 Å². The van der Waals surface area contributed by atoms with Gasteiger partial charge in [0.25, 0.3) is 0 Å². The quantitative estimate of drug-likeness (QED) is 0.739. The van der Waals surface area contributed by atoms with Gasteiger partial charge < -0.3 is 14.4 Å². The largest absolute Gasteiger partial charge is 0.441 e. The molecule has 4 rings (SSSR count). The zero-order chi connectivity index (χ0) is 19.5. The van der Waals surface area contributed by atoms with Crippen LogP contribution in [0.1, 0.15) is 17.0 Å². The van der Waals surface area contributed by atoms with E-state index in [0.717, 1.165) is 17.5 Å². The van der Waals surface area contributed by atoms with Crippen molar-refractivity contribution in [3.05, 3.63) is 71.9 Å². The number of hydrogen-bond acceptors (Lipinski definition) is 5. The maximum Gasteiger partial charge on any atom is 0.228 e. The summed E-state index contributed by atoms with van der Waals surface area (Å²) in [6.45, 7) is 2.73. The minimum absolute atomic E-state index is 0.0321. The first kappa shape index (κ1) is 18.4. The third-order valence-corrected chi connectivity index (χ3v) is 5.24. The molecule has 0 aliphatic carbocycles. The summed E-state index contributed by atoms with van der Waals surface area (Å²) in [5.41, 5.74) is 2.66. The number of pyridine rings is 1. The first-order valence-corrected chi connectivity index (χ1v) is 9.46. The topological polar surface area (TPSA) is 79.5 Å². The fourth-order valence-corrected chi connectivity index (χ4v) is 3.63. The molecule has 6 nitrogen and oxygen atoms in total. The SMILES string of the molecule is Cc1oc(-c2ccccc2)nc1CC(=O)N1C[C@@H](Cc2ccncc2)[C@@H](O)C1. The Morgan fingerprint density at radius 2 is 1.93 bits per heavy atom. The Hall–Kier alpha value is -2.99. The van der Waals surface area contributed by atoms with Gasteiger partial charge in [-0.15, -0.1) is 0 Å². The van der Waals surface area contributed by atoms with E-state index in [0.29, 0.717) is 30.4 Å². The number of benzene rings is 1. The lowest BCUT2D eigenvalue weighted by molar-refractivity contribution is -0.129. The highest BCUT2D eigenvalue weighted by Gasteiger charge is 2.34. The molecule has 0 unspecified atom stereocenters. The predicted molar refractivity (Wildman–Crippen MR) is 104 cm³/mol. The molecule has 1 aromatic carbocycles. The lowest BCUT2D eigenvalue weighted by Gasteiger charge is -2.15. The van der Waals surface area contributed by atoms with Crippen LogP contribution in [0.5, 0.6) is 0 Å². The molecule has 28 heavy (non-hydrogen) atoms. The normalized spacial score (nSPS) is 19.1. The molecule has 2 atom stereocenters. The summed E-state index contributed by atoms with van der Waals surface area (Å²) in [6.07, 6.45) is 3.88. The number of aromatic nitrogens is 2. The van der Waals surface area contributed by atoms with Gasteiger partial charge in [0.2, 0.25) is 11.8 Å². The Morgan fingerprint density at radius 1 is 1.18 bits per heavy atom. The first-order chi connectivity index (χ1) is 13.6. The van der Waals surface area contributed by atoms with Gasteiger partial charge in [0.15, 0.2) is 0 Å². The number of amides is 1. The van der Waals surface area contributed by atoms with Crippen molar-refractivity contribution in [1.82, 2.24) is 14.9 Å². The van der Waals surface area contributed by atoms with Gasteiger partial charge in [0.05, 0.1) is 18.2 Å². The number of aliphatic hydroxyl groups is 1. The van der Waals surface area contributed by atoms with Crippen LogP contribution in [-0.4, -0.2) is 45.1 Å². The number of aryl methyl sites for hydroxylation is 1. The summed E-state index contributed by atoms with van der Waals surface area (Å²) in [7, 11) is 0. The number of rotatable bonds is 5. The Balaban J connectivity index is 1.41. The minimum atomic E-state index is -0.518. The number of hydrogen-bond donors (Lipinski definition) is 1. The molecule has 1 aliphatic rings. The molecule has 1 aliphatic heterocycles. The summed E-state index contributed by atoms with van der Waals surface area (Å²) in [5, 5.41) is 10.4. The summed E-state index contributed by atoms with van der Waals surface area (Å²) in [4.78, 5) is 23.0. The lowest BCUT2D eigenvalue weighted by atomic mass is 9.97. The lowest BCUT2D eigenvalue weighted by Crippen LogP contribution is -2.31. The molecule has 0 bridgehead atoms. The van der Waals surface area contributed by atoms with E-state index in [-0.39, 0.29) is 18.2 Å². The molecule has 6 heteroatoms. The van der Waals surface area contributed by atoms with Gasteiger partial charge in [0.1, 0.15) is 5.76 Å². The third kappa shape index (κ3) is 3.97. The van der Waals surface area contributed by atoms with Gasteiger partial charge in [-0.3, -0.25) is 9.78 Å².